The summed E-state index contributed by atoms with van der Waals surface area (Å²) in [5.74, 6) is 1.89. The Morgan fingerprint density at radius 1 is 1.22 bits per heavy atom. The molecule has 3 heteroatoms. The van der Waals surface area contributed by atoms with Gasteiger partial charge in [-0.2, -0.15) is 0 Å². The van der Waals surface area contributed by atoms with Gasteiger partial charge in [0.05, 0.1) is 18.9 Å². The van der Waals surface area contributed by atoms with Crippen LogP contribution in [0, 0.1) is 0 Å². The molecular formula is C15H19NO2. The Morgan fingerprint density at radius 2 is 2.06 bits per heavy atom. The second kappa shape index (κ2) is 6.26. The summed E-state index contributed by atoms with van der Waals surface area (Å²) in [5, 5.41) is 3.43. The highest BCUT2D eigenvalue weighted by molar-refractivity contribution is 5.33. The zero-order valence-corrected chi connectivity index (χ0v) is 10.8. The van der Waals surface area contributed by atoms with Crippen molar-refractivity contribution in [1.82, 2.24) is 5.32 Å². The molecule has 0 aliphatic rings. The van der Waals surface area contributed by atoms with Crippen molar-refractivity contribution < 1.29 is 9.15 Å². The van der Waals surface area contributed by atoms with E-state index in [0.29, 0.717) is 6.61 Å². The maximum Gasteiger partial charge on any atom is 0.123 e. The lowest BCUT2D eigenvalue weighted by atomic mass is 10.2. The maximum atomic E-state index is 5.60. The minimum atomic E-state index is 0.190. The van der Waals surface area contributed by atoms with Crippen LogP contribution in [0.15, 0.2) is 47.1 Å². The monoisotopic (exact) mass is 245 g/mol. The van der Waals surface area contributed by atoms with Gasteiger partial charge in [0.2, 0.25) is 0 Å². The molecule has 1 unspecified atom stereocenters. The smallest absolute Gasteiger partial charge is 0.123 e. The molecule has 0 radical (unpaired) electrons. The van der Waals surface area contributed by atoms with Gasteiger partial charge in [-0.25, -0.2) is 0 Å². The zero-order chi connectivity index (χ0) is 12.8. The first-order chi connectivity index (χ1) is 8.81. The third-order valence-electron chi connectivity index (χ3n) is 2.84. The molecule has 0 saturated heterocycles. The molecule has 3 nitrogen and oxygen atoms in total. The molecule has 0 fully saturated rings. The molecule has 1 aromatic carbocycles. The largest absolute Gasteiger partial charge is 0.494 e. The molecule has 0 spiro atoms. The molecule has 1 aromatic heterocycles. The summed E-state index contributed by atoms with van der Waals surface area (Å²) in [7, 11) is 0. The van der Waals surface area contributed by atoms with Crippen LogP contribution in [0.4, 0.5) is 0 Å². The van der Waals surface area contributed by atoms with Crippen LogP contribution in [0.5, 0.6) is 5.75 Å². The van der Waals surface area contributed by atoms with E-state index in [-0.39, 0.29) is 6.04 Å². The third kappa shape index (κ3) is 3.14. The van der Waals surface area contributed by atoms with E-state index in [1.54, 1.807) is 6.26 Å². The number of rotatable bonds is 6. The third-order valence-corrected chi connectivity index (χ3v) is 2.84. The maximum absolute atomic E-state index is 5.60. The second-order valence-corrected chi connectivity index (χ2v) is 4.16. The SMILES string of the molecule is CCOc1ccccc1CNC(C)c1ccco1. The Kier molecular flexibility index (Phi) is 4.42. The van der Waals surface area contributed by atoms with Crippen LogP contribution in [0.1, 0.15) is 31.2 Å². The lowest BCUT2D eigenvalue weighted by Gasteiger charge is -2.14. The molecule has 18 heavy (non-hydrogen) atoms. The molecular weight excluding hydrogens is 226 g/mol. The lowest BCUT2D eigenvalue weighted by Crippen LogP contribution is -2.18. The van der Waals surface area contributed by atoms with Gasteiger partial charge in [0, 0.05) is 12.1 Å². The molecule has 2 rings (SSSR count). The topological polar surface area (TPSA) is 34.4 Å². The Labute approximate surface area is 108 Å². The number of nitrogens with one attached hydrogen (secondary N) is 1. The van der Waals surface area contributed by atoms with Crippen LogP contribution < -0.4 is 10.1 Å². The summed E-state index contributed by atoms with van der Waals surface area (Å²) in [5.41, 5.74) is 1.16. The van der Waals surface area contributed by atoms with E-state index in [1.807, 2.05) is 37.3 Å². The van der Waals surface area contributed by atoms with Crippen molar-refractivity contribution in [3.63, 3.8) is 0 Å². The average Bonchev–Trinajstić information content (AvgIpc) is 2.92. The van der Waals surface area contributed by atoms with Crippen molar-refractivity contribution in [2.45, 2.75) is 26.4 Å². The highest BCUT2D eigenvalue weighted by Crippen LogP contribution is 2.19. The molecule has 0 amide bonds. The number of para-hydroxylation sites is 1. The van der Waals surface area contributed by atoms with Crippen molar-refractivity contribution >= 4 is 0 Å². The van der Waals surface area contributed by atoms with Gasteiger partial charge in [0.15, 0.2) is 0 Å². The van der Waals surface area contributed by atoms with Gasteiger partial charge in [-0.1, -0.05) is 18.2 Å². The first-order valence-corrected chi connectivity index (χ1v) is 6.28. The summed E-state index contributed by atoms with van der Waals surface area (Å²) in [6.07, 6.45) is 1.70. The van der Waals surface area contributed by atoms with Crippen LogP contribution in [-0.2, 0) is 6.54 Å². The van der Waals surface area contributed by atoms with Gasteiger partial charge in [-0.3, -0.25) is 0 Å². The lowest BCUT2D eigenvalue weighted by molar-refractivity contribution is 0.334. The van der Waals surface area contributed by atoms with Crippen molar-refractivity contribution in [3.8, 4) is 5.75 Å². The van der Waals surface area contributed by atoms with E-state index in [0.717, 1.165) is 23.6 Å². The Balaban J connectivity index is 1.97. The highest BCUT2D eigenvalue weighted by atomic mass is 16.5. The summed E-state index contributed by atoms with van der Waals surface area (Å²) >= 11 is 0. The molecule has 2 aromatic rings. The minimum absolute atomic E-state index is 0.190. The number of hydrogen-bond donors (Lipinski definition) is 1. The molecule has 0 aliphatic heterocycles. The van der Waals surface area contributed by atoms with Crippen molar-refractivity contribution in [2.24, 2.45) is 0 Å². The second-order valence-electron chi connectivity index (χ2n) is 4.16. The fourth-order valence-electron chi connectivity index (χ4n) is 1.85. The predicted molar refractivity (Wildman–Crippen MR) is 71.6 cm³/mol. The van der Waals surface area contributed by atoms with E-state index in [1.165, 1.54) is 0 Å². The molecule has 96 valence electrons. The standard InChI is InChI=1S/C15H19NO2/c1-3-17-15-8-5-4-7-13(15)11-16-12(2)14-9-6-10-18-14/h4-10,12,16H,3,11H2,1-2H3. The fourth-order valence-corrected chi connectivity index (χ4v) is 1.85. The average molecular weight is 245 g/mol. The van der Waals surface area contributed by atoms with E-state index in [2.05, 4.69) is 18.3 Å². The van der Waals surface area contributed by atoms with Gasteiger partial charge in [-0.05, 0) is 32.0 Å². The van der Waals surface area contributed by atoms with Crippen molar-refractivity contribution in [2.75, 3.05) is 6.61 Å². The van der Waals surface area contributed by atoms with E-state index in [9.17, 15) is 0 Å². The molecule has 0 aliphatic carbocycles. The summed E-state index contributed by atoms with van der Waals surface area (Å²) in [6, 6.07) is 12.2. The summed E-state index contributed by atoms with van der Waals surface area (Å²) in [6.45, 7) is 5.53. The summed E-state index contributed by atoms with van der Waals surface area (Å²) < 4.78 is 11.0. The number of ether oxygens (including phenoxy) is 1. The first-order valence-electron chi connectivity index (χ1n) is 6.28. The number of furan rings is 1. The molecule has 1 heterocycles. The van der Waals surface area contributed by atoms with Gasteiger partial charge in [0.1, 0.15) is 11.5 Å². The summed E-state index contributed by atoms with van der Waals surface area (Å²) in [4.78, 5) is 0. The van der Waals surface area contributed by atoms with Gasteiger partial charge in [0.25, 0.3) is 0 Å². The van der Waals surface area contributed by atoms with Crippen LogP contribution in [0.25, 0.3) is 0 Å². The Hall–Kier alpha value is -1.74. The van der Waals surface area contributed by atoms with Crippen LogP contribution in [0.2, 0.25) is 0 Å². The van der Waals surface area contributed by atoms with E-state index in [4.69, 9.17) is 9.15 Å². The van der Waals surface area contributed by atoms with Crippen molar-refractivity contribution in [3.05, 3.63) is 54.0 Å². The van der Waals surface area contributed by atoms with E-state index < -0.39 is 0 Å². The normalized spacial score (nSPS) is 12.3. The van der Waals surface area contributed by atoms with E-state index >= 15 is 0 Å². The first kappa shape index (κ1) is 12.7. The Bertz CT molecular complexity index is 465. The minimum Gasteiger partial charge on any atom is -0.494 e. The molecule has 1 atom stereocenters. The van der Waals surface area contributed by atoms with Crippen LogP contribution in [-0.4, -0.2) is 6.61 Å². The van der Waals surface area contributed by atoms with Gasteiger partial charge < -0.3 is 14.5 Å². The van der Waals surface area contributed by atoms with Gasteiger partial charge >= 0.3 is 0 Å². The highest BCUT2D eigenvalue weighted by Gasteiger charge is 2.09. The number of benzene rings is 1. The molecule has 0 bridgehead atoms. The van der Waals surface area contributed by atoms with Crippen LogP contribution >= 0.6 is 0 Å². The fraction of sp³-hybridized carbons (Fsp3) is 0.333. The molecule has 1 N–H and O–H groups in total. The predicted octanol–water partition coefficient (Wildman–Crippen LogP) is 3.53. The quantitative estimate of drug-likeness (QED) is 0.845. The molecule has 0 saturated carbocycles. The Morgan fingerprint density at radius 3 is 2.78 bits per heavy atom. The number of hydrogen-bond acceptors (Lipinski definition) is 3. The zero-order valence-electron chi connectivity index (χ0n) is 10.8. The van der Waals surface area contributed by atoms with Gasteiger partial charge in [-0.15, -0.1) is 0 Å². The van der Waals surface area contributed by atoms with Crippen LogP contribution in [0.3, 0.4) is 0 Å². The van der Waals surface area contributed by atoms with Crippen molar-refractivity contribution in [1.29, 1.82) is 0 Å².